The summed E-state index contributed by atoms with van der Waals surface area (Å²) >= 11 is 0. The first kappa shape index (κ1) is 15.6. The number of pyridine rings is 1. The Morgan fingerprint density at radius 2 is 1.88 bits per heavy atom. The number of carbonyl (C=O) groups excluding carboxylic acids is 1. The van der Waals surface area contributed by atoms with Crippen LogP contribution in [0.5, 0.6) is 0 Å². The van der Waals surface area contributed by atoms with Gasteiger partial charge in [-0.3, -0.25) is 9.78 Å². The topological polar surface area (TPSA) is 57.0 Å². The van der Waals surface area contributed by atoms with Crippen LogP contribution in [0.1, 0.15) is 40.8 Å². The Balaban J connectivity index is 1.90. The molecule has 1 amide bonds. The summed E-state index contributed by atoms with van der Waals surface area (Å²) in [6.45, 7) is 1.52. The summed E-state index contributed by atoms with van der Waals surface area (Å²) in [5.74, 6) is 0. The Labute approximate surface area is 147 Å². The summed E-state index contributed by atoms with van der Waals surface area (Å²) in [6.07, 6.45) is 6.40. The van der Waals surface area contributed by atoms with Crippen LogP contribution < -0.4 is 0 Å². The van der Waals surface area contributed by atoms with Crippen molar-refractivity contribution in [3.8, 4) is 6.07 Å². The summed E-state index contributed by atoms with van der Waals surface area (Å²) in [7, 11) is 0. The molecule has 124 valence electrons. The fourth-order valence-corrected chi connectivity index (χ4v) is 3.88. The van der Waals surface area contributed by atoms with Gasteiger partial charge in [0.25, 0.3) is 0 Å². The molecule has 25 heavy (non-hydrogen) atoms. The molecule has 1 aromatic heterocycles. The molecule has 1 aromatic carbocycles. The predicted molar refractivity (Wildman–Crippen MR) is 95.7 cm³/mol. The first-order chi connectivity index (χ1) is 12.3. The number of benzene rings is 1. The van der Waals surface area contributed by atoms with Crippen LogP contribution in [0.25, 0.3) is 5.57 Å². The highest BCUT2D eigenvalue weighted by atomic mass is 16.1. The highest BCUT2D eigenvalue weighted by Gasteiger charge is 2.24. The molecule has 1 aliphatic heterocycles. The second kappa shape index (κ2) is 6.52. The second-order valence-corrected chi connectivity index (χ2v) is 6.61. The van der Waals surface area contributed by atoms with Gasteiger partial charge in [0.2, 0.25) is 6.41 Å². The van der Waals surface area contributed by atoms with Crippen LogP contribution in [0.15, 0.2) is 42.1 Å². The zero-order valence-electron chi connectivity index (χ0n) is 14.0. The number of carbonyl (C=O) groups is 1. The average Bonchev–Trinajstić information content (AvgIpc) is 2.84. The number of amides is 1. The van der Waals surface area contributed by atoms with Gasteiger partial charge in [-0.15, -0.1) is 0 Å². The number of rotatable bonds is 1. The van der Waals surface area contributed by atoms with E-state index in [0.717, 1.165) is 50.9 Å². The molecule has 4 heteroatoms. The fraction of sp³-hybridized carbons (Fsp3) is 0.286. The molecule has 0 bridgehead atoms. The van der Waals surface area contributed by atoms with E-state index in [1.807, 2.05) is 29.3 Å². The third kappa shape index (κ3) is 2.83. The van der Waals surface area contributed by atoms with Crippen LogP contribution >= 0.6 is 0 Å². The molecule has 2 aliphatic rings. The summed E-state index contributed by atoms with van der Waals surface area (Å²) in [4.78, 5) is 17.6. The van der Waals surface area contributed by atoms with Crippen molar-refractivity contribution in [1.29, 1.82) is 5.26 Å². The van der Waals surface area contributed by atoms with Gasteiger partial charge >= 0.3 is 0 Å². The lowest BCUT2D eigenvalue weighted by atomic mass is 9.88. The standard InChI is InChI=1S/C21H19N3O/c22-13-15-3-6-19-18(12-15)5-4-17-2-1-9-23-21(17)20(19)16-7-10-24(14-25)11-8-16/h1-3,6,9,12,14H,4-5,7-8,10-11H2. The molecule has 0 radical (unpaired) electrons. The fourth-order valence-electron chi connectivity index (χ4n) is 3.88. The molecule has 1 fully saturated rings. The maximum Gasteiger partial charge on any atom is 0.209 e. The van der Waals surface area contributed by atoms with Crippen molar-refractivity contribution in [3.05, 3.63) is 70.0 Å². The third-order valence-corrected chi connectivity index (χ3v) is 5.20. The first-order valence-corrected chi connectivity index (χ1v) is 8.69. The van der Waals surface area contributed by atoms with Crippen LogP contribution in [-0.2, 0) is 17.6 Å². The number of nitriles is 1. The molecule has 0 spiro atoms. The van der Waals surface area contributed by atoms with Crippen molar-refractivity contribution in [2.45, 2.75) is 25.7 Å². The highest BCUT2D eigenvalue weighted by molar-refractivity contribution is 5.84. The van der Waals surface area contributed by atoms with Crippen molar-refractivity contribution in [2.75, 3.05) is 13.1 Å². The van der Waals surface area contributed by atoms with Crippen LogP contribution in [0.4, 0.5) is 0 Å². The lowest BCUT2D eigenvalue weighted by molar-refractivity contribution is -0.118. The predicted octanol–water partition coefficient (Wildman–Crippen LogP) is 3.11. The van der Waals surface area contributed by atoms with E-state index in [0.29, 0.717) is 5.56 Å². The summed E-state index contributed by atoms with van der Waals surface area (Å²) in [5.41, 5.74) is 8.04. The number of hydrogen-bond donors (Lipinski definition) is 0. The SMILES string of the molecule is N#Cc1ccc2c(c1)CCc1cccnc1C2=C1CCN(C=O)CC1. The molecule has 2 aromatic rings. The van der Waals surface area contributed by atoms with Crippen LogP contribution in [-0.4, -0.2) is 29.4 Å². The van der Waals surface area contributed by atoms with Crippen molar-refractivity contribution in [3.63, 3.8) is 0 Å². The van der Waals surface area contributed by atoms with E-state index in [2.05, 4.69) is 18.2 Å². The molecule has 2 heterocycles. The largest absolute Gasteiger partial charge is 0.345 e. The van der Waals surface area contributed by atoms with Gasteiger partial charge in [-0.05, 0) is 60.6 Å². The van der Waals surface area contributed by atoms with Crippen LogP contribution in [0, 0.1) is 11.3 Å². The number of aromatic nitrogens is 1. The lowest BCUT2D eigenvalue weighted by Crippen LogP contribution is -2.29. The van der Waals surface area contributed by atoms with Gasteiger partial charge in [0, 0.05) is 24.9 Å². The number of aryl methyl sites for hydroxylation is 2. The van der Waals surface area contributed by atoms with Crippen LogP contribution in [0.2, 0.25) is 0 Å². The Hall–Kier alpha value is -2.93. The highest BCUT2D eigenvalue weighted by Crippen LogP contribution is 2.37. The lowest BCUT2D eigenvalue weighted by Gasteiger charge is -2.27. The molecule has 4 rings (SSSR count). The van der Waals surface area contributed by atoms with Gasteiger partial charge in [-0.2, -0.15) is 5.26 Å². The van der Waals surface area contributed by atoms with E-state index >= 15 is 0 Å². The van der Waals surface area contributed by atoms with Gasteiger partial charge in [0.15, 0.2) is 0 Å². The summed E-state index contributed by atoms with van der Waals surface area (Å²) in [5, 5.41) is 9.24. The smallest absolute Gasteiger partial charge is 0.209 e. The molecule has 0 atom stereocenters. The Morgan fingerprint density at radius 3 is 2.64 bits per heavy atom. The van der Waals surface area contributed by atoms with Crippen molar-refractivity contribution < 1.29 is 4.79 Å². The minimum Gasteiger partial charge on any atom is -0.345 e. The van der Waals surface area contributed by atoms with E-state index in [1.165, 1.54) is 27.8 Å². The van der Waals surface area contributed by atoms with Crippen molar-refractivity contribution in [2.24, 2.45) is 0 Å². The van der Waals surface area contributed by atoms with Crippen molar-refractivity contribution >= 4 is 12.0 Å². The molecule has 0 unspecified atom stereocenters. The van der Waals surface area contributed by atoms with Gasteiger partial charge in [-0.1, -0.05) is 17.7 Å². The van der Waals surface area contributed by atoms with Gasteiger partial charge in [0.1, 0.15) is 0 Å². The minimum atomic E-state index is 0.706. The normalized spacial score (nSPS) is 16.5. The molecular formula is C21H19N3O. The average molecular weight is 329 g/mol. The van der Waals surface area contributed by atoms with E-state index in [4.69, 9.17) is 4.98 Å². The van der Waals surface area contributed by atoms with Gasteiger partial charge in [-0.25, -0.2) is 0 Å². The molecule has 1 saturated heterocycles. The molecular weight excluding hydrogens is 310 g/mol. The monoisotopic (exact) mass is 329 g/mol. The summed E-state index contributed by atoms with van der Waals surface area (Å²) in [6, 6.07) is 12.4. The summed E-state index contributed by atoms with van der Waals surface area (Å²) < 4.78 is 0. The number of likely N-dealkylation sites (tertiary alicyclic amines) is 1. The van der Waals surface area contributed by atoms with Crippen LogP contribution in [0.3, 0.4) is 0 Å². The first-order valence-electron chi connectivity index (χ1n) is 8.69. The number of piperidine rings is 1. The van der Waals surface area contributed by atoms with Gasteiger partial charge < -0.3 is 4.90 Å². The van der Waals surface area contributed by atoms with Gasteiger partial charge in [0.05, 0.1) is 17.3 Å². The maximum atomic E-state index is 11.0. The number of fused-ring (bicyclic) bond motifs is 2. The second-order valence-electron chi connectivity index (χ2n) is 6.61. The zero-order chi connectivity index (χ0) is 17.2. The Bertz CT molecular complexity index is 898. The maximum absolute atomic E-state index is 11.0. The zero-order valence-corrected chi connectivity index (χ0v) is 14.0. The quantitative estimate of drug-likeness (QED) is 0.755. The van der Waals surface area contributed by atoms with E-state index in [1.54, 1.807) is 0 Å². The third-order valence-electron chi connectivity index (χ3n) is 5.20. The van der Waals surface area contributed by atoms with Crippen molar-refractivity contribution in [1.82, 2.24) is 9.88 Å². The molecule has 4 nitrogen and oxygen atoms in total. The van der Waals surface area contributed by atoms with E-state index in [-0.39, 0.29) is 0 Å². The molecule has 1 aliphatic carbocycles. The Kier molecular flexibility index (Phi) is 4.07. The molecule has 0 N–H and O–H groups in total. The number of hydrogen-bond acceptors (Lipinski definition) is 3. The van der Waals surface area contributed by atoms with E-state index in [9.17, 15) is 10.1 Å². The number of nitrogens with zero attached hydrogens (tertiary/aromatic N) is 3. The van der Waals surface area contributed by atoms with E-state index < -0.39 is 0 Å². The minimum absolute atomic E-state index is 0.706. The molecule has 0 saturated carbocycles. The Morgan fingerprint density at radius 1 is 1.08 bits per heavy atom.